The van der Waals surface area contributed by atoms with Gasteiger partial charge in [-0.1, -0.05) is 55.0 Å². The summed E-state index contributed by atoms with van der Waals surface area (Å²) < 4.78 is 0. The van der Waals surface area contributed by atoms with Crippen molar-refractivity contribution in [3.05, 3.63) is 53.9 Å². The van der Waals surface area contributed by atoms with E-state index in [-0.39, 0.29) is 7.92 Å². The lowest BCUT2D eigenvalue weighted by atomic mass is 9.98. The van der Waals surface area contributed by atoms with Crippen molar-refractivity contribution in [1.29, 1.82) is 0 Å². The van der Waals surface area contributed by atoms with Crippen molar-refractivity contribution in [1.82, 2.24) is 4.90 Å². The first kappa shape index (κ1) is 16.0. The molecule has 1 nitrogen and oxygen atoms in total. The van der Waals surface area contributed by atoms with Crippen molar-refractivity contribution in [2.45, 2.75) is 44.3 Å². The van der Waals surface area contributed by atoms with Gasteiger partial charge in [-0.15, -0.1) is 0 Å². The highest BCUT2D eigenvalue weighted by molar-refractivity contribution is 7.70. The van der Waals surface area contributed by atoms with Gasteiger partial charge in [-0.2, -0.15) is 0 Å². The first-order valence-corrected chi connectivity index (χ1v) is 9.96. The first-order valence-electron chi connectivity index (χ1n) is 8.55. The smallest absolute Gasteiger partial charge is 0.00953 e. The quantitative estimate of drug-likeness (QED) is 0.709. The Morgan fingerprint density at radius 1 is 1.14 bits per heavy atom. The standard InChI is InChI=1S/C20H28NP/c1-16(21(2)3)19-14-9-15-20(19)22(18-12-7-8-13-18)17-10-5-4-6-11-17/h4-8,10-12,16,19-20H,9,13-15H2,1-3H3/t16-,19?,20+,22+/m1/s1. The molecule has 0 heterocycles. The Bertz CT molecular complexity index is 546. The van der Waals surface area contributed by atoms with Crippen LogP contribution in [0.4, 0.5) is 0 Å². The highest BCUT2D eigenvalue weighted by atomic mass is 31.1. The summed E-state index contributed by atoms with van der Waals surface area (Å²) in [5.41, 5.74) is 0.848. The van der Waals surface area contributed by atoms with E-state index in [9.17, 15) is 0 Å². The van der Waals surface area contributed by atoms with Gasteiger partial charge in [0.15, 0.2) is 0 Å². The van der Waals surface area contributed by atoms with Gasteiger partial charge < -0.3 is 4.90 Å². The lowest BCUT2D eigenvalue weighted by Crippen LogP contribution is -2.36. The van der Waals surface area contributed by atoms with E-state index in [4.69, 9.17) is 0 Å². The minimum absolute atomic E-state index is 0.183. The minimum atomic E-state index is -0.183. The third-order valence-corrected chi connectivity index (χ3v) is 8.50. The molecule has 0 aliphatic heterocycles. The van der Waals surface area contributed by atoms with Crippen LogP contribution in [0.5, 0.6) is 0 Å². The number of rotatable bonds is 5. The van der Waals surface area contributed by atoms with Crippen LogP contribution in [-0.2, 0) is 0 Å². The van der Waals surface area contributed by atoms with Crippen molar-refractivity contribution in [2.75, 3.05) is 14.1 Å². The van der Waals surface area contributed by atoms with Gasteiger partial charge in [-0.05, 0) is 70.4 Å². The molecule has 1 unspecified atom stereocenters. The third kappa shape index (κ3) is 3.21. The van der Waals surface area contributed by atoms with Crippen molar-refractivity contribution in [3.63, 3.8) is 0 Å². The molecule has 22 heavy (non-hydrogen) atoms. The second kappa shape index (κ2) is 7.11. The largest absolute Gasteiger partial charge is 0.306 e. The van der Waals surface area contributed by atoms with Crippen molar-refractivity contribution in [2.24, 2.45) is 5.92 Å². The molecule has 0 spiro atoms. The van der Waals surface area contributed by atoms with E-state index in [1.807, 2.05) is 0 Å². The van der Waals surface area contributed by atoms with Crippen molar-refractivity contribution < 1.29 is 0 Å². The number of hydrogen-bond acceptors (Lipinski definition) is 1. The fourth-order valence-electron chi connectivity index (χ4n) is 4.01. The van der Waals surface area contributed by atoms with Crippen molar-refractivity contribution in [3.8, 4) is 0 Å². The van der Waals surface area contributed by atoms with Crippen LogP contribution >= 0.6 is 7.92 Å². The molecule has 0 bridgehead atoms. The van der Waals surface area contributed by atoms with Crippen LogP contribution in [0.2, 0.25) is 0 Å². The summed E-state index contributed by atoms with van der Waals surface area (Å²) in [5, 5.41) is 3.26. The van der Waals surface area contributed by atoms with Crippen LogP contribution in [0.3, 0.4) is 0 Å². The van der Waals surface area contributed by atoms with Crippen LogP contribution in [0.1, 0.15) is 32.6 Å². The van der Waals surface area contributed by atoms with E-state index < -0.39 is 0 Å². The Kier molecular flexibility index (Phi) is 5.16. The molecule has 2 aliphatic carbocycles. The maximum Gasteiger partial charge on any atom is 0.00953 e. The fraction of sp³-hybridized carbons (Fsp3) is 0.500. The van der Waals surface area contributed by atoms with Gasteiger partial charge in [0.2, 0.25) is 0 Å². The highest BCUT2D eigenvalue weighted by Gasteiger charge is 2.39. The van der Waals surface area contributed by atoms with E-state index >= 15 is 0 Å². The third-order valence-electron chi connectivity index (χ3n) is 5.39. The van der Waals surface area contributed by atoms with Crippen LogP contribution < -0.4 is 5.30 Å². The molecular formula is C20H28NP. The molecule has 1 saturated carbocycles. The van der Waals surface area contributed by atoms with E-state index in [1.165, 1.54) is 25.7 Å². The van der Waals surface area contributed by atoms with Gasteiger partial charge in [0.05, 0.1) is 0 Å². The number of benzene rings is 1. The average Bonchev–Trinajstić information content (AvgIpc) is 3.20. The molecule has 0 N–H and O–H groups in total. The second-order valence-corrected chi connectivity index (χ2v) is 9.36. The Labute approximate surface area is 136 Å². The Morgan fingerprint density at radius 2 is 1.91 bits per heavy atom. The summed E-state index contributed by atoms with van der Waals surface area (Å²) in [6, 6.07) is 12.0. The topological polar surface area (TPSA) is 3.24 Å². The molecule has 4 atom stereocenters. The van der Waals surface area contributed by atoms with E-state index in [0.29, 0.717) is 6.04 Å². The fourth-order valence-corrected chi connectivity index (χ4v) is 7.41. The van der Waals surface area contributed by atoms with Gasteiger partial charge in [0.1, 0.15) is 0 Å². The van der Waals surface area contributed by atoms with Gasteiger partial charge in [-0.3, -0.25) is 0 Å². The summed E-state index contributed by atoms with van der Waals surface area (Å²) in [4.78, 5) is 2.42. The molecular weight excluding hydrogens is 285 g/mol. The van der Waals surface area contributed by atoms with Gasteiger partial charge in [0, 0.05) is 6.04 Å². The van der Waals surface area contributed by atoms with Crippen LogP contribution in [0.25, 0.3) is 0 Å². The maximum atomic E-state index is 2.42. The minimum Gasteiger partial charge on any atom is -0.306 e. The number of nitrogens with zero attached hydrogens (tertiary/aromatic N) is 1. The van der Waals surface area contributed by atoms with Crippen molar-refractivity contribution >= 4 is 13.2 Å². The molecule has 2 heteroatoms. The average molecular weight is 313 g/mol. The monoisotopic (exact) mass is 313 g/mol. The molecule has 3 rings (SSSR count). The molecule has 2 aliphatic rings. The molecule has 1 aromatic rings. The predicted molar refractivity (Wildman–Crippen MR) is 99.1 cm³/mol. The Morgan fingerprint density at radius 3 is 2.55 bits per heavy atom. The lowest BCUT2D eigenvalue weighted by Gasteiger charge is -2.36. The first-order chi connectivity index (χ1) is 10.7. The molecule has 0 amide bonds. The molecule has 1 aromatic carbocycles. The highest BCUT2D eigenvalue weighted by Crippen LogP contribution is 2.58. The van der Waals surface area contributed by atoms with Crippen LogP contribution in [0, 0.1) is 5.92 Å². The van der Waals surface area contributed by atoms with E-state index in [1.54, 1.807) is 10.6 Å². The second-order valence-electron chi connectivity index (χ2n) is 6.86. The number of hydrogen-bond donors (Lipinski definition) is 0. The van der Waals surface area contributed by atoms with Gasteiger partial charge in [0.25, 0.3) is 0 Å². The Hall–Kier alpha value is -0.910. The lowest BCUT2D eigenvalue weighted by molar-refractivity contribution is 0.232. The zero-order valence-electron chi connectivity index (χ0n) is 14.1. The van der Waals surface area contributed by atoms with E-state index in [0.717, 1.165) is 11.6 Å². The Balaban J connectivity index is 1.92. The molecule has 0 saturated heterocycles. The normalized spacial score (nSPS) is 27.2. The molecule has 0 radical (unpaired) electrons. The van der Waals surface area contributed by atoms with E-state index in [2.05, 4.69) is 74.5 Å². The summed E-state index contributed by atoms with van der Waals surface area (Å²) in [6.45, 7) is 2.42. The molecule has 1 fully saturated rings. The molecule has 118 valence electrons. The zero-order chi connectivity index (χ0) is 15.5. The van der Waals surface area contributed by atoms with Crippen LogP contribution in [-0.4, -0.2) is 30.7 Å². The van der Waals surface area contributed by atoms with Gasteiger partial charge in [-0.25, -0.2) is 0 Å². The SMILES string of the molecule is C[C@H](C1CCC[C@@H]1[P@](C1=CC=CC1)c1ccccc1)N(C)C. The summed E-state index contributed by atoms with van der Waals surface area (Å²) in [7, 11) is 4.29. The summed E-state index contributed by atoms with van der Waals surface area (Å²) in [5.74, 6) is 0.836. The predicted octanol–water partition coefficient (Wildman–Crippen LogP) is 4.76. The summed E-state index contributed by atoms with van der Waals surface area (Å²) >= 11 is 0. The van der Waals surface area contributed by atoms with Gasteiger partial charge >= 0.3 is 0 Å². The molecule has 0 aromatic heterocycles. The number of allylic oxidation sites excluding steroid dienone is 4. The summed E-state index contributed by atoms with van der Waals surface area (Å²) in [6.07, 6.45) is 12.4. The van der Waals surface area contributed by atoms with Crippen LogP contribution in [0.15, 0.2) is 53.9 Å². The zero-order valence-corrected chi connectivity index (χ0v) is 15.0. The maximum absolute atomic E-state index is 2.42.